The minimum atomic E-state index is 0. The van der Waals surface area contributed by atoms with Crippen molar-refractivity contribution >= 4 is 11.6 Å². The maximum Gasteiger partial charge on any atom is 0.0320 e. The van der Waals surface area contributed by atoms with Crippen molar-refractivity contribution in [2.45, 2.75) is 0 Å². The molecule has 0 heterocycles. The van der Waals surface area contributed by atoms with Crippen molar-refractivity contribution in [2.75, 3.05) is 0 Å². The molecule has 0 saturated heterocycles. The minimum absolute atomic E-state index is 0. The van der Waals surface area contributed by atoms with E-state index in [4.69, 9.17) is 11.6 Å². The standard InChI is InChI=1S/C6H4Cl.ClH.Zn/c7-6-4-2-1-3-5-6;;/h2-5H;1H;/p-1. The first-order valence-electron chi connectivity index (χ1n) is 2.01. The van der Waals surface area contributed by atoms with E-state index >= 15 is 0 Å². The molecule has 0 fully saturated rings. The summed E-state index contributed by atoms with van der Waals surface area (Å²) in [6.45, 7) is 0. The molecule has 1 radical (unpaired) electrons. The van der Waals surface area contributed by atoms with Crippen LogP contribution >= 0.6 is 11.6 Å². The molecule has 45 valence electrons. The molecule has 0 aromatic heterocycles. The van der Waals surface area contributed by atoms with Gasteiger partial charge in [0.1, 0.15) is 0 Å². The molecule has 3 heteroatoms. The van der Waals surface area contributed by atoms with Crippen LogP contribution in [0, 0.1) is 6.42 Å². The normalized spacial score (nSPS) is 13.2. The van der Waals surface area contributed by atoms with Crippen LogP contribution < -0.4 is 12.4 Å². The van der Waals surface area contributed by atoms with Gasteiger partial charge in [-0.2, -0.15) is 0 Å². The molecular formula is C6H4Cl2Zn-. The van der Waals surface area contributed by atoms with Gasteiger partial charge in [-0.1, -0.05) is 11.6 Å². The summed E-state index contributed by atoms with van der Waals surface area (Å²) in [7, 11) is 0. The van der Waals surface area contributed by atoms with Gasteiger partial charge in [0.05, 0.1) is 0 Å². The zero-order valence-corrected chi connectivity index (χ0v) is 9.25. The summed E-state index contributed by atoms with van der Waals surface area (Å²) in [5, 5.41) is 0.763. The number of halogens is 2. The Morgan fingerprint density at radius 2 is 2.00 bits per heavy atom. The van der Waals surface area contributed by atoms with Crippen molar-refractivity contribution in [1.29, 1.82) is 0 Å². The Balaban J connectivity index is 0. The van der Waals surface area contributed by atoms with E-state index in [0.29, 0.717) is 0 Å². The van der Waals surface area contributed by atoms with Crippen molar-refractivity contribution in [2.24, 2.45) is 0 Å². The molecule has 1 rings (SSSR count). The van der Waals surface area contributed by atoms with Gasteiger partial charge in [-0.15, -0.1) is 5.73 Å². The first-order chi connectivity index (χ1) is 3.39. The van der Waals surface area contributed by atoms with Gasteiger partial charge in [-0.25, -0.2) is 0 Å². The Labute approximate surface area is 78.8 Å². The molecule has 0 aliphatic heterocycles. The smallest absolute Gasteiger partial charge is 0.0320 e. The molecule has 0 bridgehead atoms. The molecule has 1 aliphatic rings. The third kappa shape index (κ3) is 4.94. The molecule has 1 aliphatic carbocycles. The van der Waals surface area contributed by atoms with E-state index in [-0.39, 0.29) is 31.9 Å². The third-order valence-electron chi connectivity index (χ3n) is 0.678. The van der Waals surface area contributed by atoms with E-state index in [1.165, 1.54) is 0 Å². The van der Waals surface area contributed by atoms with Gasteiger partial charge in [-0.05, 0) is 18.2 Å². The SMILES string of the molecule is ClC1=CC=C=C[CH]1.[Cl-].[Zn]. The maximum absolute atomic E-state index is 5.52. The molecule has 0 spiro atoms. The predicted octanol–water partition coefficient (Wildman–Crippen LogP) is -0.960. The average molecular weight is 212 g/mol. The van der Waals surface area contributed by atoms with Crippen molar-refractivity contribution < 1.29 is 31.9 Å². The minimum Gasteiger partial charge on any atom is -1.00 e. The Hall–Kier alpha value is 0.463. The summed E-state index contributed by atoms with van der Waals surface area (Å²) in [6, 6.07) is 0. The molecule has 9 heavy (non-hydrogen) atoms. The summed E-state index contributed by atoms with van der Waals surface area (Å²) in [5.41, 5.74) is 2.85. The van der Waals surface area contributed by atoms with E-state index in [1.54, 1.807) is 24.6 Å². The summed E-state index contributed by atoms with van der Waals surface area (Å²) >= 11 is 5.52. The molecule has 0 amide bonds. The first kappa shape index (κ1) is 12.2. The first-order valence-corrected chi connectivity index (χ1v) is 2.39. The zero-order valence-electron chi connectivity index (χ0n) is 4.77. The Bertz CT molecular complexity index is 154. The monoisotopic (exact) mass is 210 g/mol. The fourth-order valence-electron chi connectivity index (χ4n) is 0.367. The van der Waals surface area contributed by atoms with Crippen LogP contribution in [-0.4, -0.2) is 0 Å². The van der Waals surface area contributed by atoms with Gasteiger partial charge in [0.25, 0.3) is 0 Å². The van der Waals surface area contributed by atoms with Crippen molar-refractivity contribution in [3.63, 3.8) is 0 Å². The topological polar surface area (TPSA) is 0 Å². The average Bonchev–Trinajstić information content (AvgIpc) is 1.69. The second-order valence-corrected chi connectivity index (χ2v) is 1.65. The van der Waals surface area contributed by atoms with Gasteiger partial charge < -0.3 is 12.4 Å². The van der Waals surface area contributed by atoms with E-state index in [9.17, 15) is 0 Å². The quantitative estimate of drug-likeness (QED) is 0.358. The summed E-state index contributed by atoms with van der Waals surface area (Å²) in [6.07, 6.45) is 7.15. The second kappa shape index (κ2) is 6.58. The van der Waals surface area contributed by atoms with Gasteiger partial charge in [0, 0.05) is 30.9 Å². The summed E-state index contributed by atoms with van der Waals surface area (Å²) < 4.78 is 0. The van der Waals surface area contributed by atoms with Crippen LogP contribution in [0.2, 0.25) is 0 Å². The fraction of sp³-hybridized carbons (Fsp3) is 0. The van der Waals surface area contributed by atoms with Crippen molar-refractivity contribution in [3.05, 3.63) is 35.4 Å². The van der Waals surface area contributed by atoms with Gasteiger partial charge in [0.2, 0.25) is 0 Å². The van der Waals surface area contributed by atoms with E-state index in [1.807, 2.05) is 0 Å². The summed E-state index contributed by atoms with van der Waals surface area (Å²) in [5.74, 6) is 0. The van der Waals surface area contributed by atoms with Crippen LogP contribution in [0.4, 0.5) is 0 Å². The van der Waals surface area contributed by atoms with Crippen LogP contribution in [0.3, 0.4) is 0 Å². The molecule has 0 aromatic carbocycles. The third-order valence-corrected chi connectivity index (χ3v) is 0.930. The predicted molar refractivity (Wildman–Crippen MR) is 30.9 cm³/mol. The van der Waals surface area contributed by atoms with Crippen molar-refractivity contribution in [3.8, 4) is 0 Å². The second-order valence-electron chi connectivity index (χ2n) is 1.22. The van der Waals surface area contributed by atoms with E-state index < -0.39 is 0 Å². The van der Waals surface area contributed by atoms with Crippen LogP contribution in [0.5, 0.6) is 0 Å². The fourth-order valence-corrected chi connectivity index (χ4v) is 0.493. The Morgan fingerprint density at radius 3 is 2.22 bits per heavy atom. The van der Waals surface area contributed by atoms with Crippen molar-refractivity contribution in [1.82, 2.24) is 0 Å². The summed E-state index contributed by atoms with van der Waals surface area (Å²) in [4.78, 5) is 0. The molecule has 0 unspecified atom stereocenters. The van der Waals surface area contributed by atoms with Gasteiger partial charge in [-0.3, -0.25) is 0 Å². The Morgan fingerprint density at radius 1 is 1.33 bits per heavy atom. The van der Waals surface area contributed by atoms with Gasteiger partial charge >= 0.3 is 0 Å². The molecule has 0 atom stereocenters. The molecular weight excluding hydrogens is 208 g/mol. The van der Waals surface area contributed by atoms with Gasteiger partial charge in [0.15, 0.2) is 0 Å². The number of hydrogen-bond acceptors (Lipinski definition) is 0. The molecule has 0 N–H and O–H groups in total. The Kier molecular flexibility index (Phi) is 8.90. The molecule has 0 aromatic rings. The molecule has 0 saturated carbocycles. The zero-order chi connectivity index (χ0) is 5.11. The number of allylic oxidation sites excluding steroid dienone is 3. The van der Waals surface area contributed by atoms with Crippen LogP contribution in [-0.2, 0) is 19.5 Å². The van der Waals surface area contributed by atoms with E-state index in [0.717, 1.165) is 5.03 Å². The number of hydrogen-bond donors (Lipinski definition) is 0. The molecule has 0 nitrogen and oxygen atoms in total. The van der Waals surface area contributed by atoms with Crippen LogP contribution in [0.25, 0.3) is 0 Å². The largest absolute Gasteiger partial charge is 1.00 e. The maximum atomic E-state index is 5.52. The van der Waals surface area contributed by atoms with E-state index in [2.05, 4.69) is 5.73 Å². The van der Waals surface area contributed by atoms with Crippen LogP contribution in [0.1, 0.15) is 0 Å². The van der Waals surface area contributed by atoms with Crippen LogP contribution in [0.15, 0.2) is 29.0 Å². The number of rotatable bonds is 0.